The van der Waals surface area contributed by atoms with Crippen molar-refractivity contribution in [2.75, 3.05) is 33.2 Å². The van der Waals surface area contributed by atoms with Gasteiger partial charge in [-0.05, 0) is 6.07 Å². The summed E-state index contributed by atoms with van der Waals surface area (Å²) in [6.45, 7) is 5.43. The Morgan fingerprint density at radius 2 is 2.00 bits per heavy atom. The second kappa shape index (κ2) is 6.40. The van der Waals surface area contributed by atoms with E-state index < -0.39 is 0 Å². The van der Waals surface area contributed by atoms with Crippen molar-refractivity contribution in [3.63, 3.8) is 0 Å². The Morgan fingerprint density at radius 1 is 1.35 bits per heavy atom. The summed E-state index contributed by atoms with van der Waals surface area (Å²) >= 11 is 0. The van der Waals surface area contributed by atoms with Crippen LogP contribution in [0.3, 0.4) is 0 Å². The van der Waals surface area contributed by atoms with Crippen LogP contribution in [0.25, 0.3) is 0 Å². The number of hydrogen-bond donors (Lipinski definition) is 1. The van der Waals surface area contributed by atoms with E-state index in [0.717, 1.165) is 37.8 Å². The highest BCUT2D eigenvalue weighted by molar-refractivity contribution is 5.80. The molecule has 1 N–H and O–H groups in total. The van der Waals surface area contributed by atoms with E-state index in [1.165, 1.54) is 0 Å². The molecule has 0 saturated carbocycles. The summed E-state index contributed by atoms with van der Waals surface area (Å²) < 4.78 is 1.84. The zero-order valence-corrected chi connectivity index (χ0v) is 12.3. The molecule has 1 saturated heterocycles. The topological polar surface area (TPSA) is 65.8 Å². The van der Waals surface area contributed by atoms with Crippen LogP contribution in [0.15, 0.2) is 17.3 Å². The fourth-order valence-electron chi connectivity index (χ4n) is 2.31. The molecule has 110 valence electrons. The molecule has 1 fully saturated rings. The number of nitrogens with one attached hydrogen (secondary N) is 1. The van der Waals surface area contributed by atoms with Gasteiger partial charge in [0.1, 0.15) is 0 Å². The molecule has 0 aromatic carbocycles. The maximum Gasteiger partial charge on any atom is 0.219 e. The predicted octanol–water partition coefficient (Wildman–Crippen LogP) is -0.340. The molecule has 1 aromatic heterocycles. The van der Waals surface area contributed by atoms with Crippen LogP contribution in [-0.4, -0.2) is 64.7 Å². The first kappa shape index (κ1) is 14.4. The summed E-state index contributed by atoms with van der Waals surface area (Å²) in [7, 11) is 3.70. The standard InChI is InChI=1S/C13H22N6O/c1-11(20)18-6-8-19(9-7-18)13(14-2)15-10-12-4-5-16-17(12)3/h4-5H,6-10H2,1-3H3,(H,14,15). The number of aromatic nitrogens is 2. The first-order valence-electron chi connectivity index (χ1n) is 6.80. The van der Waals surface area contributed by atoms with Crippen molar-refractivity contribution in [1.82, 2.24) is 24.9 Å². The van der Waals surface area contributed by atoms with Crippen LogP contribution >= 0.6 is 0 Å². The minimum absolute atomic E-state index is 0.141. The van der Waals surface area contributed by atoms with E-state index >= 15 is 0 Å². The largest absolute Gasteiger partial charge is 0.351 e. The lowest BCUT2D eigenvalue weighted by Crippen LogP contribution is -2.53. The van der Waals surface area contributed by atoms with Gasteiger partial charge < -0.3 is 15.1 Å². The number of carbonyl (C=O) groups is 1. The quantitative estimate of drug-likeness (QED) is 0.594. The molecule has 7 heteroatoms. The number of hydrogen-bond acceptors (Lipinski definition) is 3. The predicted molar refractivity (Wildman–Crippen MR) is 77.2 cm³/mol. The summed E-state index contributed by atoms with van der Waals surface area (Å²) in [5, 5.41) is 7.48. The lowest BCUT2D eigenvalue weighted by Gasteiger charge is -2.36. The van der Waals surface area contributed by atoms with Gasteiger partial charge in [-0.2, -0.15) is 5.10 Å². The molecule has 0 unspecified atom stereocenters. The summed E-state index contributed by atoms with van der Waals surface area (Å²) in [5.74, 6) is 1.01. The number of rotatable bonds is 2. The highest BCUT2D eigenvalue weighted by Gasteiger charge is 2.20. The third-order valence-electron chi connectivity index (χ3n) is 3.59. The van der Waals surface area contributed by atoms with Crippen LogP contribution in [0.2, 0.25) is 0 Å². The Balaban J connectivity index is 1.87. The van der Waals surface area contributed by atoms with Crippen molar-refractivity contribution >= 4 is 11.9 Å². The number of nitrogens with zero attached hydrogens (tertiary/aromatic N) is 5. The molecule has 0 bridgehead atoms. The third kappa shape index (κ3) is 3.28. The lowest BCUT2D eigenvalue weighted by atomic mass is 10.3. The minimum Gasteiger partial charge on any atom is -0.351 e. The van der Waals surface area contributed by atoms with Gasteiger partial charge in [0.25, 0.3) is 0 Å². The minimum atomic E-state index is 0.141. The number of piperazine rings is 1. The van der Waals surface area contributed by atoms with E-state index in [-0.39, 0.29) is 5.91 Å². The van der Waals surface area contributed by atoms with E-state index in [4.69, 9.17) is 0 Å². The van der Waals surface area contributed by atoms with Crippen molar-refractivity contribution < 1.29 is 4.79 Å². The van der Waals surface area contributed by atoms with Crippen LogP contribution in [-0.2, 0) is 18.4 Å². The van der Waals surface area contributed by atoms with Gasteiger partial charge in [-0.3, -0.25) is 14.5 Å². The summed E-state index contributed by atoms with van der Waals surface area (Å²) in [5.41, 5.74) is 1.11. The van der Waals surface area contributed by atoms with E-state index in [2.05, 4.69) is 20.3 Å². The van der Waals surface area contributed by atoms with Crippen molar-refractivity contribution in [3.05, 3.63) is 18.0 Å². The second-order valence-corrected chi connectivity index (χ2v) is 4.84. The van der Waals surface area contributed by atoms with Gasteiger partial charge in [0, 0.05) is 53.4 Å². The summed E-state index contributed by atoms with van der Waals surface area (Å²) in [6, 6.07) is 1.98. The summed E-state index contributed by atoms with van der Waals surface area (Å²) in [4.78, 5) is 19.7. The molecule has 0 atom stereocenters. The van der Waals surface area contributed by atoms with Gasteiger partial charge in [-0.25, -0.2) is 0 Å². The fraction of sp³-hybridized carbons (Fsp3) is 0.615. The molecular formula is C13H22N6O. The Labute approximate surface area is 119 Å². The number of aliphatic imine (C=N–C) groups is 1. The molecule has 1 aliphatic rings. The zero-order chi connectivity index (χ0) is 14.5. The van der Waals surface area contributed by atoms with Crippen molar-refractivity contribution in [2.24, 2.45) is 12.0 Å². The van der Waals surface area contributed by atoms with E-state index in [0.29, 0.717) is 6.54 Å². The molecule has 0 aliphatic carbocycles. The third-order valence-corrected chi connectivity index (χ3v) is 3.59. The molecule has 0 radical (unpaired) electrons. The number of aryl methyl sites for hydroxylation is 1. The maximum absolute atomic E-state index is 11.3. The monoisotopic (exact) mass is 278 g/mol. The van der Waals surface area contributed by atoms with Gasteiger partial charge in [-0.1, -0.05) is 0 Å². The number of carbonyl (C=O) groups excluding carboxylic acids is 1. The van der Waals surface area contributed by atoms with Crippen LogP contribution in [0.4, 0.5) is 0 Å². The molecule has 1 amide bonds. The highest BCUT2D eigenvalue weighted by atomic mass is 16.2. The lowest BCUT2D eigenvalue weighted by molar-refractivity contribution is -0.130. The Bertz CT molecular complexity index is 487. The van der Waals surface area contributed by atoms with E-state index in [9.17, 15) is 4.79 Å². The second-order valence-electron chi connectivity index (χ2n) is 4.84. The molecular weight excluding hydrogens is 256 g/mol. The smallest absolute Gasteiger partial charge is 0.219 e. The Hall–Kier alpha value is -2.05. The van der Waals surface area contributed by atoms with Gasteiger partial charge in [0.05, 0.1) is 12.2 Å². The van der Waals surface area contributed by atoms with Crippen LogP contribution in [0.1, 0.15) is 12.6 Å². The number of guanidine groups is 1. The highest BCUT2D eigenvalue weighted by Crippen LogP contribution is 2.03. The average molecular weight is 278 g/mol. The van der Waals surface area contributed by atoms with Crippen molar-refractivity contribution in [1.29, 1.82) is 0 Å². The Morgan fingerprint density at radius 3 is 2.50 bits per heavy atom. The average Bonchev–Trinajstić information content (AvgIpc) is 2.85. The molecule has 2 rings (SSSR count). The molecule has 1 aliphatic heterocycles. The van der Waals surface area contributed by atoms with Crippen molar-refractivity contribution in [2.45, 2.75) is 13.5 Å². The van der Waals surface area contributed by atoms with Gasteiger partial charge in [0.2, 0.25) is 5.91 Å². The normalized spacial score (nSPS) is 16.4. The fourth-order valence-corrected chi connectivity index (χ4v) is 2.31. The van der Waals surface area contributed by atoms with Crippen LogP contribution in [0, 0.1) is 0 Å². The Kier molecular flexibility index (Phi) is 4.60. The molecule has 20 heavy (non-hydrogen) atoms. The summed E-state index contributed by atoms with van der Waals surface area (Å²) in [6.07, 6.45) is 1.78. The van der Waals surface area contributed by atoms with Gasteiger partial charge >= 0.3 is 0 Å². The van der Waals surface area contributed by atoms with E-state index in [1.807, 2.05) is 22.7 Å². The van der Waals surface area contributed by atoms with Gasteiger partial charge in [0.15, 0.2) is 5.96 Å². The molecule has 2 heterocycles. The van der Waals surface area contributed by atoms with Crippen molar-refractivity contribution in [3.8, 4) is 0 Å². The first-order chi connectivity index (χ1) is 9.61. The maximum atomic E-state index is 11.3. The first-order valence-corrected chi connectivity index (χ1v) is 6.80. The van der Waals surface area contributed by atoms with E-state index in [1.54, 1.807) is 20.2 Å². The molecule has 7 nitrogen and oxygen atoms in total. The van der Waals surface area contributed by atoms with Crippen LogP contribution < -0.4 is 5.32 Å². The SMILES string of the molecule is CN=C(NCc1ccnn1C)N1CCN(C(C)=O)CC1. The number of amides is 1. The molecule has 0 spiro atoms. The van der Waals surface area contributed by atoms with Gasteiger partial charge in [-0.15, -0.1) is 0 Å². The zero-order valence-electron chi connectivity index (χ0n) is 12.3. The van der Waals surface area contributed by atoms with Crippen LogP contribution in [0.5, 0.6) is 0 Å². The molecule has 1 aromatic rings.